The highest BCUT2D eigenvalue weighted by Crippen LogP contribution is 2.09. The van der Waals surface area contributed by atoms with Gasteiger partial charge in [0.25, 0.3) is 0 Å². The molecule has 2 rings (SSSR count). The lowest BCUT2D eigenvalue weighted by molar-refractivity contribution is -0.128. The Balaban J connectivity index is 1.95. The third kappa shape index (κ3) is 2.82. The number of carbonyl (C=O) groups is 2. The molecule has 1 amide bonds. The third-order valence-electron chi connectivity index (χ3n) is 2.97. The summed E-state index contributed by atoms with van der Waals surface area (Å²) in [6.45, 7) is 1.95. The van der Waals surface area contributed by atoms with Crippen molar-refractivity contribution in [3.63, 3.8) is 0 Å². The van der Waals surface area contributed by atoms with Gasteiger partial charge in [-0.25, -0.2) is 9.97 Å². The molecule has 96 valence electrons. The summed E-state index contributed by atoms with van der Waals surface area (Å²) >= 11 is 0. The Morgan fingerprint density at radius 3 is 2.56 bits per heavy atom. The summed E-state index contributed by atoms with van der Waals surface area (Å²) in [6.07, 6.45) is 5.76. The smallest absolute Gasteiger partial charge is 0.242 e. The largest absolute Gasteiger partial charge is 0.341 e. The number of aromatic nitrogens is 2. The minimum atomic E-state index is 0.0954. The van der Waals surface area contributed by atoms with Crippen LogP contribution < -0.4 is 4.90 Å². The van der Waals surface area contributed by atoms with Crippen LogP contribution in [0.15, 0.2) is 12.4 Å². The lowest BCUT2D eigenvalue weighted by Crippen LogP contribution is -2.37. The number of carbonyl (C=O) groups excluding carboxylic acids is 2. The molecule has 0 radical (unpaired) electrons. The van der Waals surface area contributed by atoms with Crippen LogP contribution in [0.25, 0.3) is 0 Å². The molecule has 1 aliphatic heterocycles. The van der Waals surface area contributed by atoms with Crippen LogP contribution in [0.1, 0.15) is 23.2 Å². The number of likely N-dealkylation sites (N-methyl/N-ethyl adjacent to an activating group) is 1. The van der Waals surface area contributed by atoms with Gasteiger partial charge in [-0.3, -0.25) is 9.59 Å². The number of aldehydes is 1. The van der Waals surface area contributed by atoms with E-state index in [2.05, 4.69) is 9.97 Å². The zero-order chi connectivity index (χ0) is 13.0. The molecule has 1 fully saturated rings. The standard InChI is InChI=1S/C12H16N4O2/c1-15(8-11(18)16-4-2-3-5-16)12-13-6-10(9-17)7-14-12/h6-7,9H,2-5,8H2,1H3. The van der Waals surface area contributed by atoms with Crippen molar-refractivity contribution in [2.24, 2.45) is 0 Å². The van der Waals surface area contributed by atoms with Crippen molar-refractivity contribution in [1.29, 1.82) is 0 Å². The molecule has 18 heavy (non-hydrogen) atoms. The number of hydrogen-bond donors (Lipinski definition) is 0. The van der Waals surface area contributed by atoms with Crippen molar-refractivity contribution in [2.45, 2.75) is 12.8 Å². The van der Waals surface area contributed by atoms with Crippen molar-refractivity contribution >= 4 is 18.1 Å². The van der Waals surface area contributed by atoms with Crippen LogP contribution in [-0.4, -0.2) is 53.7 Å². The number of likely N-dealkylation sites (tertiary alicyclic amines) is 1. The van der Waals surface area contributed by atoms with E-state index >= 15 is 0 Å². The van der Waals surface area contributed by atoms with Crippen LogP contribution in [0.2, 0.25) is 0 Å². The molecule has 0 atom stereocenters. The maximum absolute atomic E-state index is 11.9. The van der Waals surface area contributed by atoms with Gasteiger partial charge in [0, 0.05) is 32.5 Å². The minimum absolute atomic E-state index is 0.0954. The van der Waals surface area contributed by atoms with E-state index in [9.17, 15) is 9.59 Å². The van der Waals surface area contributed by atoms with Crippen molar-refractivity contribution < 1.29 is 9.59 Å². The second-order valence-corrected chi connectivity index (χ2v) is 4.38. The average Bonchev–Trinajstić information content (AvgIpc) is 2.92. The highest BCUT2D eigenvalue weighted by molar-refractivity contribution is 5.81. The summed E-state index contributed by atoms with van der Waals surface area (Å²) in [7, 11) is 1.77. The molecule has 1 aromatic heterocycles. The van der Waals surface area contributed by atoms with E-state index in [0.717, 1.165) is 25.9 Å². The number of rotatable bonds is 4. The van der Waals surface area contributed by atoms with Gasteiger partial charge in [0.05, 0.1) is 12.1 Å². The molecule has 1 aliphatic rings. The Bertz CT molecular complexity index is 426. The van der Waals surface area contributed by atoms with Crippen LogP contribution in [0.3, 0.4) is 0 Å². The van der Waals surface area contributed by atoms with Crippen LogP contribution in [0.5, 0.6) is 0 Å². The lowest BCUT2D eigenvalue weighted by atomic mass is 10.4. The number of anilines is 1. The van der Waals surface area contributed by atoms with E-state index in [-0.39, 0.29) is 12.5 Å². The molecule has 1 aromatic rings. The Labute approximate surface area is 106 Å². The Morgan fingerprint density at radius 2 is 2.00 bits per heavy atom. The minimum Gasteiger partial charge on any atom is -0.341 e. The Hall–Kier alpha value is -1.98. The summed E-state index contributed by atoms with van der Waals surface area (Å²) in [5.74, 6) is 0.547. The fourth-order valence-electron chi connectivity index (χ4n) is 1.93. The Morgan fingerprint density at radius 1 is 1.39 bits per heavy atom. The maximum atomic E-state index is 11.9. The first-order chi connectivity index (χ1) is 8.70. The molecule has 0 saturated carbocycles. The van der Waals surface area contributed by atoms with Gasteiger partial charge in [-0.05, 0) is 12.8 Å². The van der Waals surface area contributed by atoms with Gasteiger partial charge in [-0.15, -0.1) is 0 Å². The maximum Gasteiger partial charge on any atom is 0.242 e. The van der Waals surface area contributed by atoms with E-state index in [1.54, 1.807) is 11.9 Å². The number of amides is 1. The van der Waals surface area contributed by atoms with Crippen LogP contribution >= 0.6 is 0 Å². The van der Waals surface area contributed by atoms with Crippen LogP contribution in [-0.2, 0) is 4.79 Å². The highest BCUT2D eigenvalue weighted by Gasteiger charge is 2.19. The van der Waals surface area contributed by atoms with Gasteiger partial charge in [0.2, 0.25) is 11.9 Å². The first-order valence-corrected chi connectivity index (χ1v) is 5.97. The topological polar surface area (TPSA) is 66.4 Å². The van der Waals surface area contributed by atoms with Crippen molar-refractivity contribution in [1.82, 2.24) is 14.9 Å². The fourth-order valence-corrected chi connectivity index (χ4v) is 1.93. The molecule has 6 nitrogen and oxygen atoms in total. The van der Waals surface area contributed by atoms with E-state index < -0.39 is 0 Å². The molecule has 0 spiro atoms. The number of hydrogen-bond acceptors (Lipinski definition) is 5. The summed E-state index contributed by atoms with van der Waals surface area (Å²) in [5.41, 5.74) is 0.429. The molecular formula is C12H16N4O2. The Kier molecular flexibility index (Phi) is 3.86. The average molecular weight is 248 g/mol. The van der Waals surface area contributed by atoms with E-state index in [4.69, 9.17) is 0 Å². The summed E-state index contributed by atoms with van der Waals surface area (Å²) in [6, 6.07) is 0. The van der Waals surface area contributed by atoms with E-state index in [1.165, 1.54) is 12.4 Å². The molecule has 0 aromatic carbocycles. The predicted octanol–water partition coefficient (Wildman–Crippen LogP) is 0.348. The lowest BCUT2D eigenvalue weighted by Gasteiger charge is -2.21. The van der Waals surface area contributed by atoms with Gasteiger partial charge < -0.3 is 9.80 Å². The van der Waals surface area contributed by atoms with E-state index in [0.29, 0.717) is 17.8 Å². The highest BCUT2D eigenvalue weighted by atomic mass is 16.2. The van der Waals surface area contributed by atoms with Crippen molar-refractivity contribution in [2.75, 3.05) is 31.6 Å². The van der Waals surface area contributed by atoms with Gasteiger partial charge in [-0.1, -0.05) is 0 Å². The second-order valence-electron chi connectivity index (χ2n) is 4.38. The summed E-state index contributed by atoms with van der Waals surface area (Å²) in [4.78, 5) is 34.0. The zero-order valence-corrected chi connectivity index (χ0v) is 10.4. The molecule has 0 N–H and O–H groups in total. The van der Waals surface area contributed by atoms with Crippen molar-refractivity contribution in [3.05, 3.63) is 18.0 Å². The molecule has 2 heterocycles. The summed E-state index contributed by atoms with van der Waals surface area (Å²) in [5, 5.41) is 0. The van der Waals surface area contributed by atoms with Gasteiger partial charge in [0.15, 0.2) is 6.29 Å². The first kappa shape index (κ1) is 12.5. The van der Waals surface area contributed by atoms with Gasteiger partial charge >= 0.3 is 0 Å². The quantitative estimate of drug-likeness (QED) is 0.719. The second kappa shape index (κ2) is 5.57. The molecular weight excluding hydrogens is 232 g/mol. The predicted molar refractivity (Wildman–Crippen MR) is 66.5 cm³/mol. The van der Waals surface area contributed by atoms with Gasteiger partial charge in [0.1, 0.15) is 0 Å². The molecule has 1 saturated heterocycles. The molecule has 6 heteroatoms. The van der Waals surface area contributed by atoms with Crippen molar-refractivity contribution in [3.8, 4) is 0 Å². The van der Waals surface area contributed by atoms with Crippen LogP contribution in [0, 0.1) is 0 Å². The monoisotopic (exact) mass is 248 g/mol. The molecule has 0 aliphatic carbocycles. The van der Waals surface area contributed by atoms with Gasteiger partial charge in [-0.2, -0.15) is 0 Å². The normalized spacial score (nSPS) is 14.6. The van der Waals surface area contributed by atoms with Crippen LogP contribution in [0.4, 0.5) is 5.95 Å². The third-order valence-corrected chi connectivity index (χ3v) is 2.97. The molecule has 0 bridgehead atoms. The molecule has 0 unspecified atom stereocenters. The zero-order valence-electron chi connectivity index (χ0n) is 10.4. The number of nitrogens with zero attached hydrogens (tertiary/aromatic N) is 4. The summed E-state index contributed by atoms with van der Waals surface area (Å²) < 4.78 is 0. The SMILES string of the molecule is CN(CC(=O)N1CCCC1)c1ncc(C=O)cn1. The van der Waals surface area contributed by atoms with E-state index in [1.807, 2.05) is 4.90 Å². The first-order valence-electron chi connectivity index (χ1n) is 5.97. The fraction of sp³-hybridized carbons (Fsp3) is 0.500.